The fourth-order valence-electron chi connectivity index (χ4n) is 3.66. The van der Waals surface area contributed by atoms with Crippen molar-refractivity contribution in [3.05, 3.63) is 70.4 Å². The molecule has 1 heterocycles. The number of urea groups is 1. The van der Waals surface area contributed by atoms with Crippen LogP contribution in [0.5, 0.6) is 11.5 Å². The molecule has 33 heavy (non-hydrogen) atoms. The summed E-state index contributed by atoms with van der Waals surface area (Å²) in [5, 5.41) is 5.63. The number of allylic oxidation sites excluding steroid dienone is 1. The van der Waals surface area contributed by atoms with E-state index in [1.54, 1.807) is 19.1 Å². The maximum absolute atomic E-state index is 12.8. The van der Waals surface area contributed by atoms with Crippen LogP contribution in [0, 0.1) is 12.8 Å². The highest BCUT2D eigenvalue weighted by atomic mass is 16.5. The molecule has 0 bridgehead atoms. The van der Waals surface area contributed by atoms with Gasteiger partial charge in [0.05, 0.1) is 24.8 Å². The first-order valence-electron chi connectivity index (χ1n) is 11.3. The summed E-state index contributed by atoms with van der Waals surface area (Å²) in [5.74, 6) is 0.606. The third kappa shape index (κ3) is 5.86. The average Bonchev–Trinajstić information content (AvgIpc) is 2.79. The van der Waals surface area contributed by atoms with Gasteiger partial charge in [-0.3, -0.25) is 0 Å². The molecular weight excluding hydrogens is 420 g/mol. The highest BCUT2D eigenvalue weighted by Gasteiger charge is 2.35. The van der Waals surface area contributed by atoms with Crippen LogP contribution in [0.15, 0.2) is 53.7 Å². The number of carbonyl (C=O) groups is 2. The molecule has 176 valence electrons. The van der Waals surface area contributed by atoms with E-state index in [-0.39, 0.29) is 18.6 Å². The van der Waals surface area contributed by atoms with Gasteiger partial charge in [-0.05, 0) is 49.9 Å². The number of aryl methyl sites for hydroxylation is 1. The summed E-state index contributed by atoms with van der Waals surface area (Å²) < 4.78 is 17.2. The van der Waals surface area contributed by atoms with Crippen molar-refractivity contribution < 1.29 is 23.8 Å². The van der Waals surface area contributed by atoms with Crippen molar-refractivity contribution in [2.75, 3.05) is 13.2 Å². The standard InChI is InChI=1S/C26H32N2O5/c1-6-31-21-14-19(12-13-20(21)33-15-18-10-8-17(5)9-11-18)24-22(25(29)32-7-2)23(16(3)4)27-26(30)28-24/h8-14,16,24H,6-7,15H2,1-5H3,(H2,27,28,30). The van der Waals surface area contributed by atoms with Gasteiger partial charge in [-0.1, -0.05) is 49.7 Å². The second-order valence-corrected chi connectivity index (χ2v) is 8.15. The van der Waals surface area contributed by atoms with Crippen LogP contribution < -0.4 is 20.1 Å². The van der Waals surface area contributed by atoms with E-state index in [1.165, 1.54) is 5.56 Å². The smallest absolute Gasteiger partial charge is 0.338 e. The molecule has 0 spiro atoms. The normalized spacial score (nSPS) is 15.7. The third-order valence-corrected chi connectivity index (χ3v) is 5.29. The number of hydrogen-bond acceptors (Lipinski definition) is 5. The lowest BCUT2D eigenvalue weighted by Crippen LogP contribution is -2.47. The molecule has 0 fully saturated rings. The molecule has 7 heteroatoms. The molecule has 0 aliphatic carbocycles. The molecule has 3 rings (SSSR count). The van der Waals surface area contributed by atoms with Gasteiger partial charge in [-0.15, -0.1) is 0 Å². The Morgan fingerprint density at radius 1 is 1.00 bits per heavy atom. The molecule has 2 aromatic carbocycles. The molecule has 1 aliphatic heterocycles. The second-order valence-electron chi connectivity index (χ2n) is 8.15. The largest absolute Gasteiger partial charge is 0.490 e. The lowest BCUT2D eigenvalue weighted by molar-refractivity contribution is -0.139. The maximum atomic E-state index is 12.8. The quantitative estimate of drug-likeness (QED) is 0.534. The summed E-state index contributed by atoms with van der Waals surface area (Å²) in [6.07, 6.45) is 0. The zero-order chi connectivity index (χ0) is 24.0. The second kappa shape index (κ2) is 10.9. The van der Waals surface area contributed by atoms with Crippen molar-refractivity contribution in [3.8, 4) is 11.5 Å². The first-order valence-corrected chi connectivity index (χ1v) is 11.3. The van der Waals surface area contributed by atoms with Crippen LogP contribution in [0.2, 0.25) is 0 Å². The summed E-state index contributed by atoms with van der Waals surface area (Å²) in [7, 11) is 0. The Morgan fingerprint density at radius 2 is 1.73 bits per heavy atom. The molecule has 0 radical (unpaired) electrons. The molecule has 2 N–H and O–H groups in total. The number of carbonyl (C=O) groups excluding carboxylic acids is 2. The van der Waals surface area contributed by atoms with E-state index in [1.807, 2.05) is 58.0 Å². The molecule has 1 unspecified atom stereocenters. The predicted molar refractivity (Wildman–Crippen MR) is 126 cm³/mol. The Labute approximate surface area is 195 Å². The van der Waals surface area contributed by atoms with E-state index in [2.05, 4.69) is 10.6 Å². The summed E-state index contributed by atoms with van der Waals surface area (Å²) in [6.45, 7) is 10.6. The van der Waals surface area contributed by atoms with E-state index < -0.39 is 12.0 Å². The van der Waals surface area contributed by atoms with Gasteiger partial charge in [-0.25, -0.2) is 9.59 Å². The van der Waals surface area contributed by atoms with Crippen LogP contribution >= 0.6 is 0 Å². The van der Waals surface area contributed by atoms with E-state index in [4.69, 9.17) is 14.2 Å². The number of amides is 2. The predicted octanol–water partition coefficient (Wildman–Crippen LogP) is 4.80. The molecule has 0 aromatic heterocycles. The van der Waals surface area contributed by atoms with Crippen molar-refractivity contribution in [2.24, 2.45) is 5.92 Å². The number of esters is 1. The summed E-state index contributed by atoms with van der Waals surface area (Å²) >= 11 is 0. The Bertz CT molecular complexity index is 1030. The van der Waals surface area contributed by atoms with Gasteiger partial charge in [-0.2, -0.15) is 0 Å². The number of hydrogen-bond donors (Lipinski definition) is 2. The summed E-state index contributed by atoms with van der Waals surface area (Å²) in [5.41, 5.74) is 3.89. The molecule has 2 amide bonds. The van der Waals surface area contributed by atoms with E-state index in [0.29, 0.717) is 41.5 Å². The highest BCUT2D eigenvalue weighted by Crippen LogP contribution is 2.36. The Hall–Kier alpha value is -3.48. The van der Waals surface area contributed by atoms with E-state index in [0.717, 1.165) is 5.56 Å². The number of rotatable bonds is 9. The molecule has 0 saturated heterocycles. The highest BCUT2D eigenvalue weighted by molar-refractivity contribution is 5.95. The molecule has 7 nitrogen and oxygen atoms in total. The van der Waals surface area contributed by atoms with Crippen LogP contribution in [0.1, 0.15) is 50.4 Å². The van der Waals surface area contributed by atoms with Gasteiger partial charge >= 0.3 is 12.0 Å². The monoisotopic (exact) mass is 452 g/mol. The van der Waals surface area contributed by atoms with Crippen molar-refractivity contribution >= 4 is 12.0 Å². The van der Waals surface area contributed by atoms with Crippen LogP contribution in [0.4, 0.5) is 4.79 Å². The Kier molecular flexibility index (Phi) is 7.98. The average molecular weight is 453 g/mol. The fraction of sp³-hybridized carbons (Fsp3) is 0.385. The van der Waals surface area contributed by atoms with Crippen molar-refractivity contribution in [2.45, 2.75) is 47.3 Å². The lowest BCUT2D eigenvalue weighted by atomic mass is 9.91. The van der Waals surface area contributed by atoms with E-state index >= 15 is 0 Å². The van der Waals surface area contributed by atoms with Gasteiger partial charge < -0.3 is 24.8 Å². The SMILES string of the molecule is CCOC(=O)C1=C(C(C)C)NC(=O)NC1c1ccc(OCc2ccc(C)cc2)c(OCC)c1. The van der Waals surface area contributed by atoms with Crippen molar-refractivity contribution in [1.82, 2.24) is 10.6 Å². The van der Waals surface area contributed by atoms with Gasteiger partial charge in [0.15, 0.2) is 11.5 Å². The Morgan fingerprint density at radius 3 is 2.36 bits per heavy atom. The molecular formula is C26H32N2O5. The number of nitrogens with one attached hydrogen (secondary N) is 2. The molecule has 1 aliphatic rings. The summed E-state index contributed by atoms with van der Waals surface area (Å²) in [6, 6.07) is 12.6. The zero-order valence-electron chi connectivity index (χ0n) is 19.9. The fourth-order valence-corrected chi connectivity index (χ4v) is 3.66. The van der Waals surface area contributed by atoms with Crippen LogP contribution in [-0.2, 0) is 16.1 Å². The van der Waals surface area contributed by atoms with Gasteiger partial charge in [0, 0.05) is 5.70 Å². The van der Waals surface area contributed by atoms with Crippen LogP contribution in [0.25, 0.3) is 0 Å². The van der Waals surface area contributed by atoms with Gasteiger partial charge in [0.2, 0.25) is 0 Å². The van der Waals surface area contributed by atoms with Gasteiger partial charge in [0.1, 0.15) is 6.61 Å². The minimum absolute atomic E-state index is 0.0681. The first-order chi connectivity index (χ1) is 15.8. The molecule has 2 aromatic rings. The van der Waals surface area contributed by atoms with E-state index in [9.17, 15) is 9.59 Å². The minimum Gasteiger partial charge on any atom is -0.490 e. The Balaban J connectivity index is 1.95. The van der Waals surface area contributed by atoms with Crippen molar-refractivity contribution in [1.29, 1.82) is 0 Å². The minimum atomic E-state index is -0.666. The maximum Gasteiger partial charge on any atom is 0.338 e. The molecule has 0 saturated carbocycles. The van der Waals surface area contributed by atoms with Gasteiger partial charge in [0.25, 0.3) is 0 Å². The number of benzene rings is 2. The lowest BCUT2D eigenvalue weighted by Gasteiger charge is -2.31. The zero-order valence-corrected chi connectivity index (χ0v) is 19.9. The summed E-state index contributed by atoms with van der Waals surface area (Å²) in [4.78, 5) is 25.2. The van der Waals surface area contributed by atoms with Crippen LogP contribution in [0.3, 0.4) is 0 Å². The topological polar surface area (TPSA) is 85.9 Å². The molecule has 1 atom stereocenters. The third-order valence-electron chi connectivity index (χ3n) is 5.29. The van der Waals surface area contributed by atoms with Crippen molar-refractivity contribution in [3.63, 3.8) is 0 Å². The first kappa shape index (κ1) is 24.2. The van der Waals surface area contributed by atoms with Crippen LogP contribution in [-0.4, -0.2) is 25.2 Å². The number of ether oxygens (including phenoxy) is 3.